The smallest absolute Gasteiger partial charge is 0.303 e. The Hall–Kier alpha value is -1.77. The molecule has 0 bridgehead atoms. The average molecular weight is 469 g/mol. The standard InChI is InChI=1S/C23H29ClO6S/c1-31-13-19(25)21(28)22(29)23(31)15-6-9-18(24)16(12-15)11-14-4-7-17(8-5-14)30-10-2-3-20(26)27/h4-9,12,19,21-23,25,28-29,31H,2-3,10-11,13H2,1H3,(H,26,27)/t19-,21-,22-,23+/m1/s1. The van der Waals surface area contributed by atoms with Gasteiger partial charge in [0.2, 0.25) is 0 Å². The maximum Gasteiger partial charge on any atom is 0.303 e. The van der Waals surface area contributed by atoms with E-state index in [0.29, 0.717) is 36.0 Å². The van der Waals surface area contributed by atoms with Crippen LogP contribution in [0.25, 0.3) is 0 Å². The Morgan fingerprint density at radius 3 is 2.52 bits per heavy atom. The largest absolute Gasteiger partial charge is 0.494 e. The van der Waals surface area contributed by atoms with Crippen molar-refractivity contribution in [3.8, 4) is 5.75 Å². The highest BCUT2D eigenvalue weighted by Gasteiger charge is 2.40. The number of hydrogen-bond acceptors (Lipinski definition) is 5. The average Bonchev–Trinajstić information content (AvgIpc) is 2.73. The number of benzene rings is 2. The summed E-state index contributed by atoms with van der Waals surface area (Å²) in [6.45, 7) is 0.351. The highest BCUT2D eigenvalue weighted by molar-refractivity contribution is 8.16. The van der Waals surface area contributed by atoms with Crippen molar-refractivity contribution in [2.45, 2.75) is 42.8 Å². The lowest BCUT2D eigenvalue weighted by atomic mass is 9.96. The van der Waals surface area contributed by atoms with E-state index in [9.17, 15) is 20.1 Å². The van der Waals surface area contributed by atoms with Crippen molar-refractivity contribution < 1.29 is 30.0 Å². The van der Waals surface area contributed by atoms with Crippen LogP contribution in [-0.4, -0.2) is 63.3 Å². The van der Waals surface area contributed by atoms with E-state index < -0.39 is 35.2 Å². The monoisotopic (exact) mass is 468 g/mol. The number of halogens is 1. The number of aliphatic hydroxyl groups is 3. The first kappa shape index (κ1) is 23.9. The third kappa shape index (κ3) is 6.14. The van der Waals surface area contributed by atoms with Gasteiger partial charge in [-0.25, -0.2) is 10.9 Å². The van der Waals surface area contributed by atoms with Crippen LogP contribution in [0.5, 0.6) is 5.75 Å². The molecular weight excluding hydrogens is 440 g/mol. The number of aliphatic hydroxyl groups excluding tert-OH is 3. The number of ether oxygens (including phenoxy) is 1. The minimum atomic E-state index is -1.15. The van der Waals surface area contributed by atoms with Gasteiger partial charge in [0.05, 0.1) is 18.8 Å². The molecular formula is C23H29ClO6S. The van der Waals surface area contributed by atoms with Gasteiger partial charge < -0.3 is 25.2 Å². The van der Waals surface area contributed by atoms with E-state index in [4.69, 9.17) is 21.4 Å². The fraction of sp³-hybridized carbons (Fsp3) is 0.435. The Kier molecular flexibility index (Phi) is 8.24. The van der Waals surface area contributed by atoms with E-state index in [1.807, 2.05) is 48.7 Å². The van der Waals surface area contributed by atoms with Crippen LogP contribution in [0.2, 0.25) is 5.02 Å². The van der Waals surface area contributed by atoms with Gasteiger partial charge in [-0.3, -0.25) is 4.79 Å². The Morgan fingerprint density at radius 1 is 1.13 bits per heavy atom. The third-order valence-corrected chi connectivity index (χ3v) is 8.42. The van der Waals surface area contributed by atoms with Crippen molar-refractivity contribution in [1.29, 1.82) is 0 Å². The van der Waals surface area contributed by atoms with E-state index >= 15 is 0 Å². The molecule has 0 aromatic heterocycles. The van der Waals surface area contributed by atoms with Crippen LogP contribution >= 0.6 is 22.5 Å². The van der Waals surface area contributed by atoms with Crippen LogP contribution in [0.4, 0.5) is 0 Å². The van der Waals surface area contributed by atoms with Gasteiger partial charge in [-0.05, 0) is 54.0 Å². The second kappa shape index (κ2) is 10.7. The quantitative estimate of drug-likeness (QED) is 0.301. The molecule has 1 unspecified atom stereocenters. The molecule has 0 amide bonds. The molecule has 0 aliphatic carbocycles. The Balaban J connectivity index is 1.69. The van der Waals surface area contributed by atoms with E-state index in [2.05, 4.69) is 0 Å². The molecule has 1 aliphatic heterocycles. The SMILES string of the molecule is C[SH]1C[C@@H](O)[C@@H](O)[C@@H](O)[C@@H]1c1ccc(Cl)c(Cc2ccc(OCCCC(=O)O)cc2)c1. The van der Waals surface area contributed by atoms with Crippen molar-refractivity contribution in [3.05, 3.63) is 64.2 Å². The summed E-state index contributed by atoms with van der Waals surface area (Å²) < 4.78 is 5.57. The van der Waals surface area contributed by atoms with E-state index in [-0.39, 0.29) is 11.7 Å². The predicted molar refractivity (Wildman–Crippen MR) is 124 cm³/mol. The second-order valence-corrected chi connectivity index (χ2v) is 10.8. The van der Waals surface area contributed by atoms with Gasteiger partial charge in [0.1, 0.15) is 11.9 Å². The molecule has 1 heterocycles. The molecule has 4 N–H and O–H groups in total. The second-order valence-electron chi connectivity index (χ2n) is 7.95. The van der Waals surface area contributed by atoms with Crippen molar-refractivity contribution in [2.75, 3.05) is 18.6 Å². The van der Waals surface area contributed by atoms with Gasteiger partial charge in [-0.2, -0.15) is 0 Å². The van der Waals surface area contributed by atoms with Crippen LogP contribution in [-0.2, 0) is 11.2 Å². The van der Waals surface area contributed by atoms with Crippen LogP contribution in [0, 0.1) is 0 Å². The first-order valence-corrected chi connectivity index (χ1v) is 12.6. The van der Waals surface area contributed by atoms with E-state index in [1.165, 1.54) is 0 Å². The van der Waals surface area contributed by atoms with Crippen LogP contribution in [0.15, 0.2) is 42.5 Å². The topological polar surface area (TPSA) is 107 Å². The van der Waals surface area contributed by atoms with Crippen LogP contribution < -0.4 is 4.74 Å². The molecule has 31 heavy (non-hydrogen) atoms. The van der Waals surface area contributed by atoms with Crippen LogP contribution in [0.3, 0.4) is 0 Å². The summed E-state index contributed by atoms with van der Waals surface area (Å²) >= 11 is 6.43. The van der Waals surface area contributed by atoms with Gasteiger partial charge in [0.25, 0.3) is 0 Å². The molecule has 5 atom stereocenters. The summed E-state index contributed by atoms with van der Waals surface area (Å²) in [6.07, 6.45) is 0.122. The highest BCUT2D eigenvalue weighted by atomic mass is 35.5. The number of aliphatic carboxylic acids is 1. The Morgan fingerprint density at radius 2 is 1.84 bits per heavy atom. The first-order chi connectivity index (χ1) is 14.8. The van der Waals surface area contributed by atoms with Crippen molar-refractivity contribution in [1.82, 2.24) is 0 Å². The number of carboxylic acids is 1. The molecule has 170 valence electrons. The van der Waals surface area contributed by atoms with Crippen molar-refractivity contribution >= 4 is 28.5 Å². The molecule has 0 saturated carbocycles. The molecule has 3 rings (SSSR count). The summed E-state index contributed by atoms with van der Waals surface area (Å²) in [7, 11) is -0.690. The number of hydrogen-bond donors (Lipinski definition) is 5. The Bertz CT molecular complexity index is 890. The molecule has 1 fully saturated rings. The summed E-state index contributed by atoms with van der Waals surface area (Å²) in [5.41, 5.74) is 2.88. The summed E-state index contributed by atoms with van der Waals surface area (Å²) in [5.74, 6) is 0.341. The molecule has 0 spiro atoms. The van der Waals surface area contributed by atoms with Gasteiger partial charge in [-0.1, -0.05) is 35.9 Å². The number of rotatable bonds is 8. The maximum atomic E-state index is 10.6. The van der Waals surface area contributed by atoms with Gasteiger partial charge >= 0.3 is 5.97 Å². The summed E-state index contributed by atoms with van der Waals surface area (Å²) in [5, 5.41) is 39.7. The van der Waals surface area contributed by atoms with Crippen LogP contribution in [0.1, 0.15) is 34.8 Å². The summed E-state index contributed by atoms with van der Waals surface area (Å²) in [4.78, 5) is 10.5. The molecule has 8 heteroatoms. The lowest BCUT2D eigenvalue weighted by Crippen LogP contribution is -2.47. The lowest BCUT2D eigenvalue weighted by molar-refractivity contribution is -0.137. The number of carboxylic acid groups (broad SMARTS) is 1. The maximum absolute atomic E-state index is 10.6. The van der Waals surface area contributed by atoms with Crippen molar-refractivity contribution in [2.24, 2.45) is 0 Å². The minimum Gasteiger partial charge on any atom is -0.494 e. The number of carbonyl (C=O) groups is 1. The molecule has 2 aromatic carbocycles. The fourth-order valence-electron chi connectivity index (χ4n) is 3.89. The molecule has 1 saturated heterocycles. The lowest BCUT2D eigenvalue weighted by Gasteiger charge is -2.42. The zero-order valence-corrected chi connectivity index (χ0v) is 19.0. The molecule has 0 radical (unpaired) electrons. The van der Waals surface area contributed by atoms with Crippen molar-refractivity contribution in [3.63, 3.8) is 0 Å². The Labute approximate surface area is 189 Å². The first-order valence-electron chi connectivity index (χ1n) is 10.2. The fourth-order valence-corrected chi connectivity index (χ4v) is 6.48. The molecule has 2 aromatic rings. The predicted octanol–water partition coefficient (Wildman–Crippen LogP) is 2.94. The normalized spacial score (nSPS) is 27.1. The van der Waals surface area contributed by atoms with Gasteiger partial charge in [0.15, 0.2) is 0 Å². The highest BCUT2D eigenvalue weighted by Crippen LogP contribution is 2.48. The van der Waals surface area contributed by atoms with Gasteiger partial charge in [-0.15, -0.1) is 0 Å². The number of thiol groups is 1. The molecule has 6 nitrogen and oxygen atoms in total. The van der Waals surface area contributed by atoms with Gasteiger partial charge in [0, 0.05) is 22.4 Å². The molecule has 1 aliphatic rings. The van der Waals surface area contributed by atoms with E-state index in [1.54, 1.807) is 0 Å². The van der Waals surface area contributed by atoms with E-state index in [0.717, 1.165) is 16.7 Å². The third-order valence-electron chi connectivity index (χ3n) is 5.55. The zero-order chi connectivity index (χ0) is 22.5. The zero-order valence-electron chi connectivity index (χ0n) is 17.3. The summed E-state index contributed by atoms with van der Waals surface area (Å²) in [6, 6.07) is 13.3. The minimum absolute atomic E-state index is 0.0819.